The van der Waals surface area contributed by atoms with E-state index in [4.69, 9.17) is 10.5 Å². The van der Waals surface area contributed by atoms with E-state index in [-0.39, 0.29) is 12.6 Å². The molecule has 2 aliphatic heterocycles. The number of nitrogens with zero attached hydrogens (tertiary/aromatic N) is 1. The van der Waals surface area contributed by atoms with E-state index >= 15 is 0 Å². The Morgan fingerprint density at radius 3 is 2.93 bits per heavy atom. The average molecular weight is 398 g/mol. The molecular weight excluding hydrogens is 364 g/mol. The number of pyridine rings is 1. The molecular formula is C20H33F2N5O. The van der Waals surface area contributed by atoms with Gasteiger partial charge in [0.15, 0.2) is 0 Å². The molecule has 2 aliphatic rings. The number of alkyl halides is 2. The van der Waals surface area contributed by atoms with E-state index in [2.05, 4.69) is 27.0 Å². The average Bonchev–Trinajstić information content (AvgIpc) is 3.08. The van der Waals surface area contributed by atoms with E-state index in [0.29, 0.717) is 37.9 Å². The molecule has 28 heavy (non-hydrogen) atoms. The molecule has 0 amide bonds. The molecule has 3 atom stereocenters. The number of aromatic nitrogens is 1. The number of aryl methyl sites for hydroxylation is 1. The number of hydrogen-bond donors (Lipinski definition) is 4. The summed E-state index contributed by atoms with van der Waals surface area (Å²) in [7, 11) is 0. The fourth-order valence-electron chi connectivity index (χ4n) is 4.12. The van der Waals surface area contributed by atoms with Gasteiger partial charge in [-0.25, -0.2) is 13.8 Å². The van der Waals surface area contributed by atoms with Crippen LogP contribution < -0.4 is 21.7 Å². The molecule has 2 saturated heterocycles. The lowest BCUT2D eigenvalue weighted by atomic mass is 9.99. The fourth-order valence-corrected chi connectivity index (χ4v) is 4.12. The molecule has 3 rings (SSSR count). The first-order valence-corrected chi connectivity index (χ1v) is 10.3. The summed E-state index contributed by atoms with van der Waals surface area (Å²) in [6.45, 7) is 4.84. The molecule has 2 fully saturated rings. The Hall–Kier alpha value is -1.35. The largest absolute Gasteiger partial charge is 0.384 e. The SMILES string of the molecule is Cc1cc(N)nc(C[C@H]2CNC[C@H]2OCCNCC(F)(F)[C@H]2CCCCN2)c1. The van der Waals surface area contributed by atoms with Crippen LogP contribution >= 0.6 is 0 Å². The van der Waals surface area contributed by atoms with Gasteiger partial charge in [0.25, 0.3) is 5.92 Å². The van der Waals surface area contributed by atoms with Gasteiger partial charge in [-0.2, -0.15) is 0 Å². The molecule has 1 aromatic heterocycles. The smallest absolute Gasteiger partial charge is 0.275 e. The van der Waals surface area contributed by atoms with Crippen LogP contribution in [0.1, 0.15) is 30.5 Å². The normalized spacial score (nSPS) is 25.9. The van der Waals surface area contributed by atoms with Crippen LogP contribution in [0, 0.1) is 12.8 Å². The topological polar surface area (TPSA) is 84.2 Å². The Morgan fingerprint density at radius 1 is 1.32 bits per heavy atom. The fraction of sp³-hybridized carbons (Fsp3) is 0.750. The number of rotatable bonds is 9. The van der Waals surface area contributed by atoms with E-state index in [1.165, 1.54) is 0 Å². The molecule has 0 bridgehead atoms. The molecule has 8 heteroatoms. The highest BCUT2D eigenvalue weighted by atomic mass is 19.3. The van der Waals surface area contributed by atoms with Crippen LogP contribution in [0.4, 0.5) is 14.6 Å². The monoisotopic (exact) mass is 397 g/mol. The van der Waals surface area contributed by atoms with Crippen molar-refractivity contribution in [2.45, 2.75) is 50.7 Å². The first-order chi connectivity index (χ1) is 13.4. The van der Waals surface area contributed by atoms with E-state index in [0.717, 1.165) is 43.6 Å². The van der Waals surface area contributed by atoms with Crippen LogP contribution in [0.25, 0.3) is 0 Å². The maximum Gasteiger partial charge on any atom is 0.275 e. The van der Waals surface area contributed by atoms with Gasteiger partial charge in [-0.1, -0.05) is 6.42 Å². The van der Waals surface area contributed by atoms with Gasteiger partial charge in [0, 0.05) is 31.2 Å². The molecule has 0 aromatic carbocycles. The number of nitrogens with two attached hydrogens (primary N) is 1. The lowest BCUT2D eigenvalue weighted by Gasteiger charge is -2.31. The summed E-state index contributed by atoms with van der Waals surface area (Å²) >= 11 is 0. The molecule has 6 nitrogen and oxygen atoms in total. The minimum Gasteiger partial charge on any atom is -0.384 e. The third-order valence-corrected chi connectivity index (χ3v) is 5.58. The minimum absolute atomic E-state index is 0.0610. The zero-order valence-electron chi connectivity index (χ0n) is 16.6. The summed E-state index contributed by atoms with van der Waals surface area (Å²) < 4.78 is 34.4. The predicted octanol–water partition coefficient (Wildman–Crippen LogP) is 1.49. The van der Waals surface area contributed by atoms with Gasteiger partial charge in [-0.15, -0.1) is 0 Å². The highest BCUT2D eigenvalue weighted by molar-refractivity contribution is 5.34. The standard InChI is InChI=1S/C20H33F2N5O/c1-14-8-16(27-19(23)9-14)10-15-11-25-12-17(15)28-7-6-24-13-20(21,22)18-4-2-3-5-26-18/h8-9,15,17-18,24-26H,2-7,10-13H2,1H3,(H2,23,27)/t15-,17+,18+/m0/s1. The number of nitrogens with one attached hydrogen (secondary N) is 3. The van der Waals surface area contributed by atoms with E-state index in [1.54, 1.807) is 0 Å². The second-order valence-corrected chi connectivity index (χ2v) is 8.03. The number of ether oxygens (including phenoxy) is 1. The minimum atomic E-state index is -2.73. The van der Waals surface area contributed by atoms with Crippen molar-refractivity contribution in [3.63, 3.8) is 0 Å². The summed E-state index contributed by atoms with van der Waals surface area (Å²) in [5.41, 5.74) is 7.91. The van der Waals surface area contributed by atoms with Gasteiger partial charge >= 0.3 is 0 Å². The van der Waals surface area contributed by atoms with Crippen molar-refractivity contribution in [1.82, 2.24) is 20.9 Å². The van der Waals surface area contributed by atoms with E-state index < -0.39 is 12.0 Å². The van der Waals surface area contributed by atoms with Gasteiger partial charge in [0.2, 0.25) is 0 Å². The summed E-state index contributed by atoms with van der Waals surface area (Å²) in [6, 6.07) is 3.19. The van der Waals surface area contributed by atoms with Gasteiger partial charge in [0.05, 0.1) is 25.3 Å². The van der Waals surface area contributed by atoms with Crippen LogP contribution in [-0.2, 0) is 11.2 Å². The van der Waals surface area contributed by atoms with Crippen LogP contribution in [0.3, 0.4) is 0 Å². The first kappa shape index (κ1) is 21.4. The highest BCUT2D eigenvalue weighted by Crippen LogP contribution is 2.24. The molecule has 0 spiro atoms. The summed E-state index contributed by atoms with van der Waals surface area (Å²) in [5.74, 6) is -1.88. The molecule has 3 heterocycles. The quantitative estimate of drug-likeness (QED) is 0.473. The number of nitrogen functional groups attached to an aromatic ring is 1. The Bertz CT molecular complexity index is 604. The zero-order chi connectivity index (χ0) is 20.0. The molecule has 0 unspecified atom stereocenters. The summed E-state index contributed by atoms with van der Waals surface area (Å²) in [5, 5.41) is 9.15. The van der Waals surface area contributed by atoms with Gasteiger partial charge in [-0.05, 0) is 50.4 Å². The number of hydrogen-bond acceptors (Lipinski definition) is 6. The molecule has 0 saturated carbocycles. The Labute approximate surface area is 166 Å². The number of anilines is 1. The molecule has 0 radical (unpaired) electrons. The molecule has 0 aliphatic carbocycles. The summed E-state index contributed by atoms with van der Waals surface area (Å²) in [4.78, 5) is 4.41. The second-order valence-electron chi connectivity index (χ2n) is 8.03. The van der Waals surface area contributed by atoms with Gasteiger partial charge in [-0.3, -0.25) is 0 Å². The van der Waals surface area contributed by atoms with Crippen molar-refractivity contribution in [3.05, 3.63) is 23.4 Å². The van der Waals surface area contributed by atoms with E-state index in [9.17, 15) is 8.78 Å². The van der Waals surface area contributed by atoms with Crippen LogP contribution in [0.15, 0.2) is 12.1 Å². The third kappa shape index (κ3) is 6.07. The maximum atomic E-state index is 14.2. The van der Waals surface area contributed by atoms with Crippen molar-refractivity contribution < 1.29 is 13.5 Å². The van der Waals surface area contributed by atoms with E-state index in [1.807, 2.05) is 13.0 Å². The van der Waals surface area contributed by atoms with Crippen molar-refractivity contribution in [3.8, 4) is 0 Å². The van der Waals surface area contributed by atoms with Crippen molar-refractivity contribution in [2.24, 2.45) is 5.92 Å². The van der Waals surface area contributed by atoms with Crippen molar-refractivity contribution in [1.29, 1.82) is 0 Å². The van der Waals surface area contributed by atoms with Crippen molar-refractivity contribution in [2.75, 3.05) is 45.1 Å². The molecule has 158 valence electrons. The molecule has 5 N–H and O–H groups in total. The second kappa shape index (κ2) is 9.91. The highest BCUT2D eigenvalue weighted by Gasteiger charge is 2.39. The van der Waals surface area contributed by atoms with Crippen LogP contribution in [0.2, 0.25) is 0 Å². The van der Waals surface area contributed by atoms with Crippen molar-refractivity contribution >= 4 is 5.82 Å². The van der Waals surface area contributed by atoms with Crippen LogP contribution in [-0.4, -0.2) is 62.4 Å². The number of halogens is 2. The number of piperidine rings is 1. The molecule has 1 aromatic rings. The van der Waals surface area contributed by atoms with Gasteiger partial charge in [0.1, 0.15) is 5.82 Å². The van der Waals surface area contributed by atoms with Gasteiger partial charge < -0.3 is 26.4 Å². The zero-order valence-corrected chi connectivity index (χ0v) is 16.6. The first-order valence-electron chi connectivity index (χ1n) is 10.3. The Morgan fingerprint density at radius 2 is 2.18 bits per heavy atom. The lowest BCUT2D eigenvalue weighted by Crippen LogP contribution is -2.52. The predicted molar refractivity (Wildman–Crippen MR) is 107 cm³/mol. The Balaban J connectivity index is 1.38. The maximum absolute atomic E-state index is 14.2. The Kier molecular flexibility index (Phi) is 7.56. The summed E-state index contributed by atoms with van der Waals surface area (Å²) in [6.07, 6.45) is 3.25. The third-order valence-electron chi connectivity index (χ3n) is 5.58. The van der Waals surface area contributed by atoms with Crippen LogP contribution in [0.5, 0.6) is 0 Å². The lowest BCUT2D eigenvalue weighted by molar-refractivity contribution is -0.0448.